The number of hydrogen-bond donors (Lipinski definition) is 1. The van der Waals surface area contributed by atoms with Crippen LogP contribution in [0.2, 0.25) is 0 Å². The first-order valence-electron chi connectivity index (χ1n) is 5.82. The molecule has 1 amide bonds. The Bertz CT molecular complexity index is 356. The van der Waals surface area contributed by atoms with Gasteiger partial charge in [-0.05, 0) is 20.8 Å². The maximum absolute atomic E-state index is 12.6. The molecule has 2 rings (SSSR count). The Balaban J connectivity index is 1.89. The van der Waals surface area contributed by atoms with E-state index in [4.69, 9.17) is 4.74 Å². The van der Waals surface area contributed by atoms with Crippen LogP contribution in [-0.4, -0.2) is 48.4 Å². The molecule has 1 atom stereocenters. The van der Waals surface area contributed by atoms with E-state index in [2.05, 4.69) is 5.32 Å². The van der Waals surface area contributed by atoms with Crippen molar-refractivity contribution in [2.24, 2.45) is 5.41 Å². The minimum absolute atomic E-state index is 0.110. The fraction of sp³-hybridized carbons (Fsp3) is 0.909. The number of carbonyl (C=O) groups excluding carboxylic acids is 1. The van der Waals surface area contributed by atoms with Gasteiger partial charge in [-0.1, -0.05) is 0 Å². The molecular formula is C11H17F3N2O2. The number of nitrogens with one attached hydrogen (secondary N) is 1. The first-order chi connectivity index (χ1) is 8.04. The zero-order valence-electron chi connectivity index (χ0n) is 10.6. The molecule has 0 aliphatic carbocycles. The number of carbonyl (C=O) groups is 1. The number of halogens is 3. The Morgan fingerprint density at radius 2 is 1.89 bits per heavy atom. The molecule has 2 aliphatic heterocycles. The highest BCUT2D eigenvalue weighted by atomic mass is 19.4. The molecule has 1 spiro atoms. The summed E-state index contributed by atoms with van der Waals surface area (Å²) in [5.41, 5.74) is -1.46. The van der Waals surface area contributed by atoms with Crippen LogP contribution in [0, 0.1) is 5.41 Å². The van der Waals surface area contributed by atoms with Crippen LogP contribution >= 0.6 is 0 Å². The third-order valence-electron chi connectivity index (χ3n) is 3.26. The maximum atomic E-state index is 12.6. The molecule has 0 aromatic heterocycles. The fourth-order valence-electron chi connectivity index (χ4n) is 2.42. The largest absolute Gasteiger partial charge is 0.444 e. The van der Waals surface area contributed by atoms with E-state index in [1.54, 1.807) is 20.8 Å². The van der Waals surface area contributed by atoms with Crippen LogP contribution < -0.4 is 5.32 Å². The van der Waals surface area contributed by atoms with Crippen molar-refractivity contribution in [3.05, 3.63) is 0 Å². The fourth-order valence-corrected chi connectivity index (χ4v) is 2.42. The van der Waals surface area contributed by atoms with Gasteiger partial charge in [0.15, 0.2) is 0 Å². The topological polar surface area (TPSA) is 41.6 Å². The Kier molecular flexibility index (Phi) is 2.81. The van der Waals surface area contributed by atoms with Crippen molar-refractivity contribution in [2.75, 3.05) is 19.6 Å². The van der Waals surface area contributed by atoms with E-state index < -0.39 is 29.3 Å². The summed E-state index contributed by atoms with van der Waals surface area (Å²) >= 11 is 0. The second-order valence-electron chi connectivity index (χ2n) is 6.05. The first kappa shape index (κ1) is 13.5. The predicted octanol–water partition coefficient (Wildman–Crippen LogP) is 1.76. The zero-order chi connectivity index (χ0) is 13.8. The summed E-state index contributed by atoms with van der Waals surface area (Å²) in [5, 5.41) is 2.38. The lowest BCUT2D eigenvalue weighted by Gasteiger charge is -2.60. The third-order valence-corrected chi connectivity index (χ3v) is 3.26. The standard InChI is InChI=1S/C11H17F3N2O2/c1-9(2,3)18-8(17)16-5-10(6-16)4-15-7(10)11(12,13)14/h7,15H,4-6H2,1-3H3/t7-/m0/s1. The molecule has 2 heterocycles. The van der Waals surface area contributed by atoms with Gasteiger partial charge in [-0.15, -0.1) is 0 Å². The Hall–Kier alpha value is -0.980. The number of amides is 1. The third kappa shape index (κ3) is 2.28. The lowest BCUT2D eigenvalue weighted by Crippen LogP contribution is -2.80. The molecule has 1 N–H and O–H groups in total. The van der Waals surface area contributed by atoms with E-state index in [0.717, 1.165) is 0 Å². The van der Waals surface area contributed by atoms with E-state index in [9.17, 15) is 18.0 Å². The van der Waals surface area contributed by atoms with E-state index in [1.807, 2.05) is 0 Å². The molecule has 0 aromatic carbocycles. The molecule has 0 radical (unpaired) electrons. The van der Waals surface area contributed by atoms with E-state index in [0.29, 0.717) is 6.54 Å². The van der Waals surface area contributed by atoms with Crippen molar-refractivity contribution in [3.63, 3.8) is 0 Å². The average molecular weight is 266 g/mol. The van der Waals surface area contributed by atoms with Gasteiger partial charge in [0.1, 0.15) is 11.6 Å². The molecule has 7 heteroatoms. The number of hydrogen-bond acceptors (Lipinski definition) is 3. The summed E-state index contributed by atoms with van der Waals surface area (Å²) in [7, 11) is 0. The van der Waals surface area contributed by atoms with Gasteiger partial charge in [-0.25, -0.2) is 4.79 Å². The molecule has 0 aromatic rings. The van der Waals surface area contributed by atoms with Gasteiger partial charge < -0.3 is 15.0 Å². The molecule has 0 saturated carbocycles. The molecule has 104 valence electrons. The molecule has 0 bridgehead atoms. The lowest BCUT2D eigenvalue weighted by atomic mass is 9.67. The summed E-state index contributed by atoms with van der Waals surface area (Å²) in [5.74, 6) is 0. The summed E-state index contributed by atoms with van der Waals surface area (Å²) in [4.78, 5) is 13.0. The van der Waals surface area contributed by atoms with Crippen LogP contribution in [0.3, 0.4) is 0 Å². The number of ether oxygens (including phenoxy) is 1. The molecule has 2 fully saturated rings. The highest BCUT2D eigenvalue weighted by Gasteiger charge is 2.65. The highest BCUT2D eigenvalue weighted by Crippen LogP contribution is 2.46. The SMILES string of the molecule is CC(C)(C)OC(=O)N1CC2(CN[C@@H]2C(F)(F)F)C1. The molecule has 4 nitrogen and oxygen atoms in total. The van der Waals surface area contributed by atoms with Crippen LogP contribution in [0.4, 0.5) is 18.0 Å². The first-order valence-corrected chi connectivity index (χ1v) is 5.82. The minimum Gasteiger partial charge on any atom is -0.444 e. The number of likely N-dealkylation sites (tertiary alicyclic amines) is 1. The highest BCUT2D eigenvalue weighted by molar-refractivity contribution is 5.69. The van der Waals surface area contributed by atoms with Gasteiger partial charge >= 0.3 is 12.3 Å². The van der Waals surface area contributed by atoms with Gasteiger partial charge in [0, 0.05) is 25.0 Å². The van der Waals surface area contributed by atoms with Gasteiger partial charge in [-0.2, -0.15) is 13.2 Å². The summed E-state index contributed by atoms with van der Waals surface area (Å²) in [6, 6.07) is -1.50. The van der Waals surface area contributed by atoms with Crippen LogP contribution in [-0.2, 0) is 4.74 Å². The van der Waals surface area contributed by atoms with Gasteiger partial charge in [0.25, 0.3) is 0 Å². The van der Waals surface area contributed by atoms with Crippen LogP contribution in [0.15, 0.2) is 0 Å². The van der Waals surface area contributed by atoms with Crippen molar-refractivity contribution < 1.29 is 22.7 Å². The lowest BCUT2D eigenvalue weighted by molar-refractivity contribution is -0.234. The number of rotatable bonds is 0. The second-order valence-corrected chi connectivity index (χ2v) is 6.05. The molecule has 2 saturated heterocycles. The minimum atomic E-state index is -4.25. The molecule has 0 unspecified atom stereocenters. The van der Waals surface area contributed by atoms with Gasteiger partial charge in [-0.3, -0.25) is 0 Å². The van der Waals surface area contributed by atoms with Gasteiger partial charge in [0.2, 0.25) is 0 Å². The van der Waals surface area contributed by atoms with Crippen LogP contribution in [0.5, 0.6) is 0 Å². The van der Waals surface area contributed by atoms with Crippen molar-refractivity contribution in [3.8, 4) is 0 Å². The monoisotopic (exact) mass is 266 g/mol. The predicted molar refractivity (Wildman–Crippen MR) is 58.1 cm³/mol. The molecular weight excluding hydrogens is 249 g/mol. The normalized spacial score (nSPS) is 26.6. The van der Waals surface area contributed by atoms with E-state index in [-0.39, 0.29) is 13.1 Å². The van der Waals surface area contributed by atoms with Gasteiger partial charge in [0.05, 0.1) is 0 Å². The Morgan fingerprint density at radius 3 is 2.22 bits per heavy atom. The average Bonchev–Trinajstić information content (AvgIpc) is 1.90. The second kappa shape index (κ2) is 3.76. The van der Waals surface area contributed by atoms with Crippen LogP contribution in [0.1, 0.15) is 20.8 Å². The van der Waals surface area contributed by atoms with Crippen LogP contribution in [0.25, 0.3) is 0 Å². The number of nitrogens with zero attached hydrogens (tertiary/aromatic N) is 1. The smallest absolute Gasteiger partial charge is 0.410 e. The van der Waals surface area contributed by atoms with Crippen molar-refractivity contribution in [1.82, 2.24) is 10.2 Å². The summed E-state index contributed by atoms with van der Waals surface area (Å²) < 4.78 is 43.0. The molecule has 2 aliphatic rings. The Labute approximate surface area is 103 Å². The molecule has 18 heavy (non-hydrogen) atoms. The van der Waals surface area contributed by atoms with Crippen molar-refractivity contribution in [1.29, 1.82) is 0 Å². The van der Waals surface area contributed by atoms with E-state index in [1.165, 1.54) is 4.90 Å². The maximum Gasteiger partial charge on any atom is 0.410 e. The zero-order valence-corrected chi connectivity index (χ0v) is 10.6. The van der Waals surface area contributed by atoms with Crippen molar-refractivity contribution in [2.45, 2.75) is 38.6 Å². The number of alkyl halides is 3. The summed E-state index contributed by atoms with van der Waals surface area (Å²) in [6.45, 7) is 5.70. The van der Waals surface area contributed by atoms with E-state index >= 15 is 0 Å². The summed E-state index contributed by atoms with van der Waals surface area (Å²) in [6.07, 6.45) is -4.79. The van der Waals surface area contributed by atoms with Crippen molar-refractivity contribution >= 4 is 6.09 Å². The quantitative estimate of drug-likeness (QED) is 0.726. The Morgan fingerprint density at radius 1 is 1.33 bits per heavy atom.